The molecule has 0 amide bonds. The summed E-state index contributed by atoms with van der Waals surface area (Å²) in [6.45, 7) is 0. The molecule has 0 fully saturated rings. The highest BCUT2D eigenvalue weighted by Crippen LogP contribution is 2.39. The Morgan fingerprint density at radius 3 is 2.37 bits per heavy atom. The molecule has 3 aromatic carbocycles. The van der Waals surface area contributed by atoms with Crippen molar-refractivity contribution in [3.05, 3.63) is 70.2 Å². The molecule has 3 rings (SSSR count). The van der Waals surface area contributed by atoms with E-state index in [1.165, 1.54) is 14.2 Å². The summed E-state index contributed by atoms with van der Waals surface area (Å²) >= 11 is 3.49. The third-order valence-electron chi connectivity index (χ3n) is 4.36. The van der Waals surface area contributed by atoms with Gasteiger partial charge in [0.1, 0.15) is 5.75 Å². The molecule has 0 aliphatic rings. The number of rotatable bonds is 6. The summed E-state index contributed by atoms with van der Waals surface area (Å²) in [5.41, 5.74) is 0.838. The molecule has 1 atom stereocenters. The lowest BCUT2D eigenvalue weighted by atomic mass is 9.98. The third kappa shape index (κ3) is 3.87. The molecule has 5 nitrogen and oxygen atoms in total. The maximum Gasteiger partial charge on any atom is 0.182 e. The van der Waals surface area contributed by atoms with Crippen molar-refractivity contribution in [2.45, 2.75) is 16.9 Å². The first kappa shape index (κ1) is 19.8. The minimum Gasteiger partial charge on any atom is -0.496 e. The van der Waals surface area contributed by atoms with Crippen LogP contribution >= 0.6 is 15.9 Å². The molecule has 1 unspecified atom stereocenters. The largest absolute Gasteiger partial charge is 0.496 e. The Kier molecular flexibility index (Phi) is 5.86. The normalized spacial score (nSPS) is 12.9. The highest BCUT2D eigenvalue weighted by atomic mass is 79.9. The van der Waals surface area contributed by atoms with Crippen molar-refractivity contribution in [3.8, 4) is 5.75 Å². The number of methoxy groups -OCH3 is 2. The molecule has 0 spiro atoms. The number of aliphatic hydroxyl groups excluding tert-OH is 1. The van der Waals surface area contributed by atoms with Gasteiger partial charge in [0.05, 0.1) is 17.8 Å². The van der Waals surface area contributed by atoms with E-state index in [0.29, 0.717) is 22.3 Å². The lowest BCUT2D eigenvalue weighted by molar-refractivity contribution is -0.0763. The number of hydrogen-bond acceptors (Lipinski definition) is 5. The van der Waals surface area contributed by atoms with Crippen molar-refractivity contribution in [2.24, 2.45) is 0 Å². The summed E-state index contributed by atoms with van der Waals surface area (Å²) in [7, 11) is -0.704. The summed E-state index contributed by atoms with van der Waals surface area (Å²) in [4.78, 5) is 0.226. The summed E-state index contributed by atoms with van der Waals surface area (Å²) in [6, 6.07) is 15.3. The molecule has 0 aromatic heterocycles. The fourth-order valence-electron chi connectivity index (χ4n) is 3.06. The first-order chi connectivity index (χ1) is 12.9. The zero-order chi connectivity index (χ0) is 19.6. The highest BCUT2D eigenvalue weighted by molar-refractivity contribution is 9.10. The SMILES string of the molecule is COc1ccc(Br)c2ccc(CS(=O)(=O)c3ccccc3)c(C(O)OC)c12. The average Bonchev–Trinajstić information content (AvgIpc) is 2.68. The second-order valence-electron chi connectivity index (χ2n) is 5.97. The second kappa shape index (κ2) is 7.98. The quantitative estimate of drug-likeness (QED) is 0.569. The minimum atomic E-state index is -3.60. The van der Waals surface area contributed by atoms with Gasteiger partial charge in [-0.1, -0.05) is 46.3 Å². The molecule has 27 heavy (non-hydrogen) atoms. The topological polar surface area (TPSA) is 72.8 Å². The molecule has 0 heterocycles. The third-order valence-corrected chi connectivity index (χ3v) is 6.73. The fraction of sp³-hybridized carbons (Fsp3) is 0.200. The van der Waals surface area contributed by atoms with E-state index in [9.17, 15) is 13.5 Å². The Labute approximate surface area is 166 Å². The first-order valence-corrected chi connectivity index (χ1v) is 10.6. The van der Waals surface area contributed by atoms with Crippen LogP contribution < -0.4 is 4.74 Å². The number of sulfone groups is 1. The minimum absolute atomic E-state index is 0.226. The van der Waals surface area contributed by atoms with Crippen molar-refractivity contribution in [1.82, 2.24) is 0 Å². The molecule has 0 saturated carbocycles. The van der Waals surface area contributed by atoms with Crippen LogP contribution in [0.4, 0.5) is 0 Å². The highest BCUT2D eigenvalue weighted by Gasteiger charge is 2.24. The number of aliphatic hydroxyl groups is 1. The Morgan fingerprint density at radius 2 is 1.74 bits per heavy atom. The van der Waals surface area contributed by atoms with Crippen LogP contribution in [0, 0.1) is 0 Å². The van der Waals surface area contributed by atoms with Crippen LogP contribution in [0.1, 0.15) is 17.4 Å². The lowest BCUT2D eigenvalue weighted by Gasteiger charge is -2.20. The molecule has 0 aliphatic carbocycles. The van der Waals surface area contributed by atoms with Gasteiger partial charge in [-0.3, -0.25) is 0 Å². The van der Waals surface area contributed by atoms with Gasteiger partial charge >= 0.3 is 0 Å². The van der Waals surface area contributed by atoms with Gasteiger partial charge in [-0.25, -0.2) is 8.42 Å². The number of fused-ring (bicyclic) bond motifs is 1. The molecular formula is C20H19BrO5S. The van der Waals surface area contributed by atoms with Crippen molar-refractivity contribution < 1.29 is 23.0 Å². The molecule has 0 bridgehead atoms. The first-order valence-electron chi connectivity index (χ1n) is 8.15. The van der Waals surface area contributed by atoms with E-state index in [-0.39, 0.29) is 10.6 Å². The van der Waals surface area contributed by atoms with Gasteiger partial charge in [0, 0.05) is 27.9 Å². The molecule has 142 valence electrons. The van der Waals surface area contributed by atoms with E-state index in [1.54, 1.807) is 42.5 Å². The van der Waals surface area contributed by atoms with Gasteiger partial charge in [0.25, 0.3) is 0 Å². The number of benzene rings is 3. The molecular weight excluding hydrogens is 432 g/mol. The van der Waals surface area contributed by atoms with Crippen molar-refractivity contribution >= 4 is 36.5 Å². The summed E-state index contributed by atoms with van der Waals surface area (Å²) in [5.74, 6) is 0.261. The smallest absolute Gasteiger partial charge is 0.182 e. The summed E-state index contributed by atoms with van der Waals surface area (Å²) < 4.78 is 37.1. The molecule has 1 N–H and O–H groups in total. The van der Waals surface area contributed by atoms with E-state index in [4.69, 9.17) is 9.47 Å². The maximum absolute atomic E-state index is 12.9. The molecule has 0 aliphatic heterocycles. The van der Waals surface area contributed by atoms with E-state index < -0.39 is 16.1 Å². The Balaban J connectivity index is 2.24. The fourth-order valence-corrected chi connectivity index (χ4v) is 4.92. The van der Waals surface area contributed by atoms with Crippen LogP contribution in [0.15, 0.2) is 64.0 Å². The zero-order valence-corrected chi connectivity index (χ0v) is 17.2. The van der Waals surface area contributed by atoms with Crippen molar-refractivity contribution in [1.29, 1.82) is 0 Å². The second-order valence-corrected chi connectivity index (χ2v) is 8.81. The maximum atomic E-state index is 12.9. The van der Waals surface area contributed by atoms with Gasteiger partial charge in [0.2, 0.25) is 0 Å². The van der Waals surface area contributed by atoms with E-state index in [1.807, 2.05) is 12.1 Å². The average molecular weight is 451 g/mol. The molecule has 3 aromatic rings. The van der Waals surface area contributed by atoms with Crippen LogP contribution in [-0.2, 0) is 20.3 Å². The molecule has 0 radical (unpaired) electrons. The number of halogens is 1. The van der Waals surface area contributed by atoms with E-state index in [0.717, 1.165) is 9.86 Å². The van der Waals surface area contributed by atoms with Gasteiger partial charge in [-0.2, -0.15) is 0 Å². The van der Waals surface area contributed by atoms with Gasteiger partial charge < -0.3 is 14.6 Å². The standard InChI is InChI=1S/C20H19BrO5S/c1-25-17-11-10-16(21)15-9-8-13(18(19(15)17)20(22)26-2)12-27(23,24)14-6-4-3-5-7-14/h3-11,20,22H,12H2,1-2H3. The van der Waals surface area contributed by atoms with Gasteiger partial charge in [-0.15, -0.1) is 0 Å². The summed E-state index contributed by atoms with van der Waals surface area (Å²) in [5, 5.41) is 11.9. The molecule has 7 heteroatoms. The number of hydrogen-bond donors (Lipinski definition) is 1. The van der Waals surface area contributed by atoms with Crippen LogP contribution in [-0.4, -0.2) is 27.7 Å². The Hall–Kier alpha value is -1.93. The van der Waals surface area contributed by atoms with Gasteiger partial charge in [0.15, 0.2) is 16.1 Å². The predicted octanol–water partition coefficient (Wildman–Crippen LogP) is 4.22. The summed E-state index contributed by atoms with van der Waals surface area (Å²) in [6.07, 6.45) is -1.29. The van der Waals surface area contributed by atoms with E-state index in [2.05, 4.69) is 15.9 Å². The lowest BCUT2D eigenvalue weighted by Crippen LogP contribution is -2.11. The van der Waals surface area contributed by atoms with E-state index >= 15 is 0 Å². The monoisotopic (exact) mass is 450 g/mol. The van der Waals surface area contributed by atoms with Crippen LogP contribution in [0.25, 0.3) is 10.8 Å². The van der Waals surface area contributed by atoms with Crippen molar-refractivity contribution in [2.75, 3.05) is 14.2 Å². The predicted molar refractivity (Wildman–Crippen MR) is 108 cm³/mol. The van der Waals surface area contributed by atoms with Crippen molar-refractivity contribution in [3.63, 3.8) is 0 Å². The number of ether oxygens (including phenoxy) is 2. The molecule has 0 saturated heterocycles. The zero-order valence-electron chi connectivity index (χ0n) is 14.8. The van der Waals surface area contributed by atoms with Crippen LogP contribution in [0.5, 0.6) is 5.75 Å². The Bertz CT molecular complexity index is 1060. The van der Waals surface area contributed by atoms with Crippen LogP contribution in [0.2, 0.25) is 0 Å². The van der Waals surface area contributed by atoms with Gasteiger partial charge in [-0.05, 0) is 29.8 Å². The van der Waals surface area contributed by atoms with Crippen LogP contribution in [0.3, 0.4) is 0 Å². The Morgan fingerprint density at radius 1 is 1.04 bits per heavy atom.